The van der Waals surface area contributed by atoms with Crippen LogP contribution in [-0.2, 0) is 11.3 Å². The number of carbonyl (C=O) groups is 1. The third-order valence-corrected chi connectivity index (χ3v) is 3.62. The molecule has 124 valence electrons. The highest BCUT2D eigenvalue weighted by atomic mass is 35.5. The fourth-order valence-corrected chi connectivity index (χ4v) is 2.50. The summed E-state index contributed by atoms with van der Waals surface area (Å²) in [7, 11) is 0. The predicted octanol–water partition coefficient (Wildman–Crippen LogP) is 1.91. The molecule has 1 atom stereocenters. The Bertz CT molecular complexity index is 663. The zero-order chi connectivity index (χ0) is 15.6. The molecule has 23 heavy (non-hydrogen) atoms. The predicted molar refractivity (Wildman–Crippen MR) is 84.0 cm³/mol. The molecule has 1 aliphatic heterocycles. The first-order chi connectivity index (χ1) is 10.6. The van der Waals surface area contributed by atoms with Gasteiger partial charge in [-0.15, -0.1) is 12.4 Å². The number of para-hydroxylation sites is 1. The van der Waals surface area contributed by atoms with Gasteiger partial charge < -0.3 is 5.32 Å². The molecule has 1 unspecified atom stereocenters. The van der Waals surface area contributed by atoms with Crippen molar-refractivity contribution in [3.05, 3.63) is 48.3 Å². The summed E-state index contributed by atoms with van der Waals surface area (Å²) in [5.74, 6) is -3.22. The molecule has 0 saturated carbocycles. The summed E-state index contributed by atoms with van der Waals surface area (Å²) < 4.78 is 27.9. The van der Waals surface area contributed by atoms with Crippen LogP contribution in [0.15, 0.2) is 42.7 Å². The van der Waals surface area contributed by atoms with Crippen molar-refractivity contribution >= 4 is 18.3 Å². The number of rotatable bonds is 4. The number of nitrogens with zero attached hydrogens (tertiary/aromatic N) is 2. The number of nitrogens with one attached hydrogen (secondary N) is 2. The molecular formula is C15H17ClF2N4O. The van der Waals surface area contributed by atoms with Crippen LogP contribution in [0.1, 0.15) is 12.0 Å². The Hall–Kier alpha value is -1.99. The molecule has 1 aromatic carbocycles. The van der Waals surface area contributed by atoms with Crippen LogP contribution in [0.2, 0.25) is 0 Å². The Morgan fingerprint density at radius 2 is 2.17 bits per heavy atom. The molecule has 2 aromatic rings. The van der Waals surface area contributed by atoms with Gasteiger partial charge in [0.1, 0.15) is 0 Å². The van der Waals surface area contributed by atoms with E-state index >= 15 is 0 Å². The summed E-state index contributed by atoms with van der Waals surface area (Å²) in [4.78, 5) is 12.0. The van der Waals surface area contributed by atoms with Crippen molar-refractivity contribution in [2.24, 2.45) is 0 Å². The van der Waals surface area contributed by atoms with Crippen LogP contribution in [0, 0.1) is 0 Å². The van der Waals surface area contributed by atoms with E-state index in [-0.39, 0.29) is 19.0 Å². The lowest BCUT2D eigenvalue weighted by atomic mass is 10.1. The summed E-state index contributed by atoms with van der Waals surface area (Å²) in [5.41, 5.74) is 1.71. The maximum atomic E-state index is 13.1. The number of alkyl halides is 2. The minimum absolute atomic E-state index is 0. The molecule has 0 aliphatic carbocycles. The summed E-state index contributed by atoms with van der Waals surface area (Å²) in [6.07, 6.45) is 3.01. The van der Waals surface area contributed by atoms with E-state index in [4.69, 9.17) is 0 Å². The number of hydrogen-bond donors (Lipinski definition) is 2. The molecule has 5 nitrogen and oxygen atoms in total. The lowest BCUT2D eigenvalue weighted by Crippen LogP contribution is -2.40. The Labute approximate surface area is 138 Å². The zero-order valence-corrected chi connectivity index (χ0v) is 13.0. The molecular weight excluding hydrogens is 326 g/mol. The summed E-state index contributed by atoms with van der Waals surface area (Å²) in [5, 5.41) is 9.41. The number of amides is 1. The topological polar surface area (TPSA) is 59.0 Å². The Morgan fingerprint density at radius 3 is 2.83 bits per heavy atom. The molecule has 8 heteroatoms. The van der Waals surface area contributed by atoms with Crippen molar-refractivity contribution in [3.63, 3.8) is 0 Å². The number of aromatic nitrogens is 2. The van der Waals surface area contributed by atoms with Gasteiger partial charge in [-0.1, -0.05) is 18.2 Å². The lowest BCUT2D eigenvalue weighted by molar-refractivity contribution is -0.123. The van der Waals surface area contributed by atoms with E-state index < -0.39 is 30.8 Å². The molecule has 1 fully saturated rings. The molecule has 0 bridgehead atoms. The standard InChI is InChI=1S/C15H16F2N4O.ClH/c16-15(17)8-12(19-10-15)14(22)18-9-11-4-1-2-5-13(11)21-7-3-6-20-21;/h1-7,12,19H,8-10H2,(H,18,22);1H. The van der Waals surface area contributed by atoms with Gasteiger partial charge in [-0.3, -0.25) is 10.1 Å². The van der Waals surface area contributed by atoms with E-state index in [0.29, 0.717) is 0 Å². The zero-order valence-electron chi connectivity index (χ0n) is 12.2. The van der Waals surface area contributed by atoms with Crippen LogP contribution < -0.4 is 10.6 Å². The SMILES string of the molecule is Cl.O=C(NCc1ccccc1-n1cccn1)C1CC(F)(F)CN1. The smallest absolute Gasteiger partial charge is 0.262 e. The van der Waals surface area contributed by atoms with E-state index in [1.54, 1.807) is 23.1 Å². The number of carbonyl (C=O) groups excluding carboxylic acids is 1. The number of halogens is 3. The normalized spacial score (nSPS) is 19.1. The van der Waals surface area contributed by atoms with Crippen LogP contribution in [0.4, 0.5) is 8.78 Å². The first kappa shape index (κ1) is 17.4. The van der Waals surface area contributed by atoms with E-state index in [1.165, 1.54) is 0 Å². The largest absolute Gasteiger partial charge is 0.351 e. The van der Waals surface area contributed by atoms with Crippen LogP contribution in [0.25, 0.3) is 5.69 Å². The molecule has 1 aromatic heterocycles. The fourth-order valence-electron chi connectivity index (χ4n) is 2.50. The quantitative estimate of drug-likeness (QED) is 0.892. The second-order valence-electron chi connectivity index (χ2n) is 5.29. The molecule has 1 saturated heterocycles. The average molecular weight is 343 g/mol. The Morgan fingerprint density at radius 1 is 1.39 bits per heavy atom. The second kappa shape index (κ2) is 7.06. The second-order valence-corrected chi connectivity index (χ2v) is 5.29. The lowest BCUT2D eigenvalue weighted by Gasteiger charge is -2.13. The highest BCUT2D eigenvalue weighted by molar-refractivity contribution is 5.85. The first-order valence-electron chi connectivity index (χ1n) is 7.02. The van der Waals surface area contributed by atoms with Crippen LogP contribution >= 0.6 is 12.4 Å². The van der Waals surface area contributed by atoms with Gasteiger partial charge in [-0.25, -0.2) is 13.5 Å². The van der Waals surface area contributed by atoms with Crippen LogP contribution in [0.3, 0.4) is 0 Å². The van der Waals surface area contributed by atoms with Crippen molar-refractivity contribution in [1.29, 1.82) is 0 Å². The number of hydrogen-bond acceptors (Lipinski definition) is 3. The summed E-state index contributed by atoms with van der Waals surface area (Å²) in [6, 6.07) is 8.45. The van der Waals surface area contributed by atoms with Gasteiger partial charge in [0.25, 0.3) is 5.92 Å². The van der Waals surface area contributed by atoms with Gasteiger partial charge in [-0.2, -0.15) is 5.10 Å². The van der Waals surface area contributed by atoms with Crippen molar-refractivity contribution in [2.75, 3.05) is 6.54 Å². The van der Waals surface area contributed by atoms with Gasteiger partial charge in [0, 0.05) is 25.4 Å². The minimum Gasteiger partial charge on any atom is -0.351 e. The maximum Gasteiger partial charge on any atom is 0.262 e. The Kier molecular flexibility index (Phi) is 5.33. The molecule has 2 N–H and O–H groups in total. The van der Waals surface area contributed by atoms with Crippen LogP contribution in [0.5, 0.6) is 0 Å². The minimum atomic E-state index is -2.81. The summed E-state index contributed by atoms with van der Waals surface area (Å²) >= 11 is 0. The van der Waals surface area contributed by atoms with Gasteiger partial charge >= 0.3 is 0 Å². The van der Waals surface area contributed by atoms with E-state index in [2.05, 4.69) is 15.7 Å². The maximum absolute atomic E-state index is 13.1. The van der Waals surface area contributed by atoms with Crippen LogP contribution in [-0.4, -0.2) is 34.2 Å². The van der Waals surface area contributed by atoms with Crippen molar-refractivity contribution in [1.82, 2.24) is 20.4 Å². The van der Waals surface area contributed by atoms with E-state index in [1.807, 2.05) is 24.3 Å². The van der Waals surface area contributed by atoms with Crippen molar-refractivity contribution < 1.29 is 13.6 Å². The van der Waals surface area contributed by atoms with Crippen molar-refractivity contribution in [2.45, 2.75) is 24.9 Å². The Balaban J connectivity index is 0.00000192. The van der Waals surface area contributed by atoms with E-state index in [0.717, 1.165) is 11.3 Å². The summed E-state index contributed by atoms with van der Waals surface area (Å²) in [6.45, 7) is -0.187. The molecule has 0 spiro atoms. The third kappa shape index (κ3) is 4.05. The average Bonchev–Trinajstić information content (AvgIpc) is 3.14. The van der Waals surface area contributed by atoms with Gasteiger partial charge in [-0.05, 0) is 17.7 Å². The highest BCUT2D eigenvalue weighted by Gasteiger charge is 2.42. The highest BCUT2D eigenvalue weighted by Crippen LogP contribution is 2.25. The third-order valence-electron chi connectivity index (χ3n) is 3.62. The number of benzene rings is 1. The molecule has 3 rings (SSSR count). The van der Waals surface area contributed by atoms with Gasteiger partial charge in [0.05, 0.1) is 18.3 Å². The van der Waals surface area contributed by atoms with Gasteiger partial charge in [0.15, 0.2) is 0 Å². The molecule has 2 heterocycles. The van der Waals surface area contributed by atoms with E-state index in [9.17, 15) is 13.6 Å². The monoisotopic (exact) mass is 342 g/mol. The molecule has 0 radical (unpaired) electrons. The van der Waals surface area contributed by atoms with Crippen molar-refractivity contribution in [3.8, 4) is 5.69 Å². The van der Waals surface area contributed by atoms with Gasteiger partial charge in [0.2, 0.25) is 5.91 Å². The fraction of sp³-hybridized carbons (Fsp3) is 0.333. The molecule has 1 aliphatic rings. The first-order valence-corrected chi connectivity index (χ1v) is 7.02. The molecule has 1 amide bonds.